The second kappa shape index (κ2) is 5.38. The number of carbonyl (C=O) groups is 2. The Morgan fingerprint density at radius 3 is 2.35 bits per heavy atom. The van der Waals surface area contributed by atoms with Gasteiger partial charge in [-0.2, -0.15) is 0 Å². The minimum absolute atomic E-state index is 0.143. The number of nitrogens with zero attached hydrogens (tertiary/aromatic N) is 1. The normalized spacial score (nSPS) is 18.3. The lowest BCUT2D eigenvalue weighted by molar-refractivity contribution is -0.147. The van der Waals surface area contributed by atoms with E-state index in [2.05, 4.69) is 5.32 Å². The molecule has 17 heavy (non-hydrogen) atoms. The molecule has 0 radical (unpaired) electrons. The van der Waals surface area contributed by atoms with Crippen molar-refractivity contribution in [1.29, 1.82) is 0 Å². The van der Waals surface area contributed by atoms with Crippen LogP contribution in [-0.2, 0) is 4.79 Å². The molecule has 0 aliphatic heterocycles. The highest BCUT2D eigenvalue weighted by atomic mass is 16.4. The molecule has 0 spiro atoms. The van der Waals surface area contributed by atoms with Gasteiger partial charge < -0.3 is 15.3 Å². The van der Waals surface area contributed by atoms with Gasteiger partial charge in [-0.25, -0.2) is 4.79 Å². The van der Waals surface area contributed by atoms with Crippen LogP contribution in [0.15, 0.2) is 0 Å². The third kappa shape index (κ3) is 3.35. The molecule has 0 aromatic heterocycles. The van der Waals surface area contributed by atoms with Crippen molar-refractivity contribution in [3.8, 4) is 0 Å². The van der Waals surface area contributed by atoms with Crippen LogP contribution in [0.2, 0.25) is 0 Å². The van der Waals surface area contributed by atoms with E-state index in [1.165, 1.54) is 0 Å². The SMILES string of the molecule is CCN(C(=O)NCC(C)(CC)C(=O)O)C1CC1. The predicted molar refractivity (Wildman–Crippen MR) is 64.8 cm³/mol. The number of nitrogens with one attached hydrogen (secondary N) is 1. The molecule has 5 heteroatoms. The molecule has 2 amide bonds. The van der Waals surface area contributed by atoms with E-state index in [1.54, 1.807) is 11.8 Å². The fourth-order valence-electron chi connectivity index (χ4n) is 1.68. The molecule has 0 aromatic carbocycles. The van der Waals surface area contributed by atoms with Crippen molar-refractivity contribution in [2.45, 2.75) is 46.1 Å². The highest BCUT2D eigenvalue weighted by molar-refractivity contribution is 5.78. The van der Waals surface area contributed by atoms with Crippen LogP contribution in [0, 0.1) is 5.41 Å². The van der Waals surface area contributed by atoms with Crippen molar-refractivity contribution in [2.75, 3.05) is 13.1 Å². The highest BCUT2D eigenvalue weighted by Gasteiger charge is 2.34. The Balaban J connectivity index is 2.48. The van der Waals surface area contributed by atoms with E-state index < -0.39 is 11.4 Å². The lowest BCUT2D eigenvalue weighted by atomic mass is 9.88. The molecule has 1 rings (SSSR count). The molecule has 1 unspecified atom stereocenters. The maximum atomic E-state index is 11.9. The number of carboxylic acid groups (broad SMARTS) is 1. The highest BCUT2D eigenvalue weighted by Crippen LogP contribution is 2.27. The van der Waals surface area contributed by atoms with Crippen LogP contribution >= 0.6 is 0 Å². The van der Waals surface area contributed by atoms with Crippen molar-refractivity contribution in [2.24, 2.45) is 5.41 Å². The maximum absolute atomic E-state index is 11.9. The Morgan fingerprint density at radius 2 is 2.00 bits per heavy atom. The third-order valence-electron chi connectivity index (χ3n) is 3.52. The summed E-state index contributed by atoms with van der Waals surface area (Å²) in [6, 6.07) is 0.216. The van der Waals surface area contributed by atoms with E-state index in [1.807, 2.05) is 13.8 Å². The maximum Gasteiger partial charge on any atom is 0.317 e. The second-order valence-electron chi connectivity index (χ2n) is 4.90. The van der Waals surface area contributed by atoms with Gasteiger partial charge in [-0.15, -0.1) is 0 Å². The van der Waals surface area contributed by atoms with Crippen molar-refractivity contribution in [1.82, 2.24) is 10.2 Å². The quantitative estimate of drug-likeness (QED) is 0.744. The number of hydrogen-bond donors (Lipinski definition) is 2. The third-order valence-corrected chi connectivity index (χ3v) is 3.52. The Kier molecular flexibility index (Phi) is 4.37. The average Bonchev–Trinajstić information content (AvgIpc) is 3.11. The number of amides is 2. The summed E-state index contributed by atoms with van der Waals surface area (Å²) in [4.78, 5) is 24.7. The molecule has 2 N–H and O–H groups in total. The first kappa shape index (κ1) is 13.8. The summed E-state index contributed by atoms with van der Waals surface area (Å²) in [5.41, 5.74) is -0.876. The molecular weight excluding hydrogens is 220 g/mol. The fourth-order valence-corrected chi connectivity index (χ4v) is 1.68. The molecule has 1 aliphatic carbocycles. The van der Waals surface area contributed by atoms with E-state index in [9.17, 15) is 9.59 Å². The molecule has 0 bridgehead atoms. The van der Waals surface area contributed by atoms with Gasteiger partial charge in [0, 0.05) is 19.1 Å². The van der Waals surface area contributed by atoms with Gasteiger partial charge in [-0.05, 0) is 33.1 Å². The lowest BCUT2D eigenvalue weighted by Crippen LogP contribution is -2.47. The molecule has 1 aliphatic rings. The molecule has 1 fully saturated rings. The Hall–Kier alpha value is -1.26. The molecule has 0 saturated heterocycles. The monoisotopic (exact) mass is 242 g/mol. The van der Waals surface area contributed by atoms with Crippen LogP contribution in [0.1, 0.15) is 40.0 Å². The van der Waals surface area contributed by atoms with Gasteiger partial charge in [-0.1, -0.05) is 6.92 Å². The largest absolute Gasteiger partial charge is 0.481 e. The van der Waals surface area contributed by atoms with Crippen molar-refractivity contribution < 1.29 is 14.7 Å². The molecule has 0 heterocycles. The standard InChI is InChI=1S/C12H22N2O3/c1-4-12(3,10(15)16)8-13-11(17)14(5-2)9-6-7-9/h9H,4-8H2,1-3H3,(H,13,17)(H,15,16). The van der Waals surface area contributed by atoms with E-state index in [0.29, 0.717) is 19.0 Å². The fraction of sp³-hybridized carbons (Fsp3) is 0.833. The van der Waals surface area contributed by atoms with Crippen LogP contribution in [0.25, 0.3) is 0 Å². The van der Waals surface area contributed by atoms with Gasteiger partial charge in [0.05, 0.1) is 5.41 Å². The Bertz CT molecular complexity index is 302. The zero-order chi connectivity index (χ0) is 13.1. The van der Waals surface area contributed by atoms with Crippen LogP contribution in [-0.4, -0.2) is 41.1 Å². The smallest absolute Gasteiger partial charge is 0.317 e. The van der Waals surface area contributed by atoms with Crippen LogP contribution < -0.4 is 5.32 Å². The van der Waals surface area contributed by atoms with E-state index in [0.717, 1.165) is 12.8 Å². The summed E-state index contributed by atoms with van der Waals surface area (Å²) >= 11 is 0. The number of hydrogen-bond acceptors (Lipinski definition) is 2. The van der Waals surface area contributed by atoms with Crippen LogP contribution in [0.5, 0.6) is 0 Å². The predicted octanol–water partition coefficient (Wildman–Crippen LogP) is 1.68. The Morgan fingerprint density at radius 1 is 1.41 bits per heavy atom. The topological polar surface area (TPSA) is 69.6 Å². The first-order valence-electron chi connectivity index (χ1n) is 6.22. The minimum atomic E-state index is -0.876. The molecule has 0 aromatic rings. The number of carbonyl (C=O) groups excluding carboxylic acids is 1. The van der Waals surface area contributed by atoms with Gasteiger partial charge in [0.25, 0.3) is 0 Å². The van der Waals surface area contributed by atoms with E-state index >= 15 is 0 Å². The van der Waals surface area contributed by atoms with Gasteiger partial charge in [0.15, 0.2) is 0 Å². The first-order valence-corrected chi connectivity index (χ1v) is 6.22. The first-order chi connectivity index (χ1) is 7.94. The molecular formula is C12H22N2O3. The summed E-state index contributed by atoms with van der Waals surface area (Å²) in [7, 11) is 0. The lowest BCUT2D eigenvalue weighted by Gasteiger charge is -2.26. The molecule has 98 valence electrons. The molecule has 1 saturated carbocycles. The number of rotatable bonds is 6. The zero-order valence-corrected chi connectivity index (χ0v) is 10.8. The number of carboxylic acids is 1. The van der Waals surface area contributed by atoms with Crippen molar-refractivity contribution >= 4 is 12.0 Å². The summed E-state index contributed by atoms with van der Waals surface area (Å²) < 4.78 is 0. The summed E-state index contributed by atoms with van der Waals surface area (Å²) in [5, 5.41) is 11.8. The second-order valence-corrected chi connectivity index (χ2v) is 4.90. The van der Waals surface area contributed by atoms with Gasteiger partial charge in [0.2, 0.25) is 0 Å². The van der Waals surface area contributed by atoms with Gasteiger partial charge in [0.1, 0.15) is 0 Å². The number of aliphatic carboxylic acids is 1. The summed E-state index contributed by atoms with van der Waals surface area (Å²) in [6.07, 6.45) is 2.62. The molecule has 1 atom stereocenters. The molecule has 5 nitrogen and oxygen atoms in total. The minimum Gasteiger partial charge on any atom is -0.481 e. The number of urea groups is 1. The summed E-state index contributed by atoms with van der Waals surface area (Å²) in [5.74, 6) is -0.866. The van der Waals surface area contributed by atoms with Gasteiger partial charge >= 0.3 is 12.0 Å². The van der Waals surface area contributed by atoms with Gasteiger partial charge in [-0.3, -0.25) is 4.79 Å². The van der Waals surface area contributed by atoms with Crippen molar-refractivity contribution in [3.63, 3.8) is 0 Å². The van der Waals surface area contributed by atoms with E-state index in [4.69, 9.17) is 5.11 Å². The summed E-state index contributed by atoms with van der Waals surface area (Å²) in [6.45, 7) is 6.27. The average molecular weight is 242 g/mol. The Labute approximate surface area is 102 Å². The van der Waals surface area contributed by atoms with Crippen LogP contribution in [0.3, 0.4) is 0 Å². The van der Waals surface area contributed by atoms with Crippen LogP contribution in [0.4, 0.5) is 4.79 Å². The van der Waals surface area contributed by atoms with Crippen molar-refractivity contribution in [3.05, 3.63) is 0 Å². The zero-order valence-electron chi connectivity index (χ0n) is 10.8. The van der Waals surface area contributed by atoms with E-state index in [-0.39, 0.29) is 12.6 Å².